The zero-order chi connectivity index (χ0) is 15.6. The maximum Gasteiger partial charge on any atom is 0.306 e. The molecule has 0 spiro atoms. The molecule has 1 aliphatic carbocycles. The quantitative estimate of drug-likeness (QED) is 0.718. The van der Waals surface area contributed by atoms with E-state index in [1.165, 1.54) is 7.11 Å². The van der Waals surface area contributed by atoms with Gasteiger partial charge < -0.3 is 4.74 Å². The number of carbonyl (C=O) groups is 1. The molecule has 1 unspecified atom stereocenters. The van der Waals surface area contributed by atoms with Crippen molar-refractivity contribution >= 4 is 28.4 Å². The summed E-state index contributed by atoms with van der Waals surface area (Å²) < 4.78 is 18.8. The fourth-order valence-electron chi connectivity index (χ4n) is 2.45. The lowest BCUT2D eigenvalue weighted by Gasteiger charge is -2.13. The van der Waals surface area contributed by atoms with Crippen LogP contribution in [-0.4, -0.2) is 32.8 Å². The monoisotopic (exact) mass is 332 g/mol. The Kier molecular flexibility index (Phi) is 5.09. The number of hydrogen-bond acceptors (Lipinski definition) is 4. The van der Waals surface area contributed by atoms with Crippen LogP contribution in [0.1, 0.15) is 37.6 Å². The molecule has 1 saturated carbocycles. The molecule has 1 aromatic rings. The summed E-state index contributed by atoms with van der Waals surface area (Å²) in [6.45, 7) is 1.99. The Labute approximate surface area is 132 Å². The summed E-state index contributed by atoms with van der Waals surface area (Å²) in [6.07, 6.45) is 2.99. The van der Waals surface area contributed by atoms with Crippen molar-refractivity contribution in [3.05, 3.63) is 16.4 Å². The van der Waals surface area contributed by atoms with Crippen LogP contribution in [0.3, 0.4) is 0 Å². The fourth-order valence-corrected chi connectivity index (χ4v) is 4.70. The molecule has 118 valence electrons. The van der Waals surface area contributed by atoms with Crippen LogP contribution in [0.15, 0.2) is 0 Å². The topological polar surface area (TPSA) is 61.2 Å². The van der Waals surface area contributed by atoms with Gasteiger partial charge in [0.15, 0.2) is 0 Å². The first kappa shape index (κ1) is 16.5. The maximum atomic E-state index is 12.4. The van der Waals surface area contributed by atoms with E-state index in [0.29, 0.717) is 22.9 Å². The second-order valence-corrected chi connectivity index (χ2v) is 7.50. The first-order valence-electron chi connectivity index (χ1n) is 7.03. The van der Waals surface area contributed by atoms with Gasteiger partial charge in [-0.2, -0.15) is 5.10 Å². The van der Waals surface area contributed by atoms with Gasteiger partial charge >= 0.3 is 5.97 Å². The molecule has 0 aliphatic heterocycles. The van der Waals surface area contributed by atoms with E-state index in [1.807, 2.05) is 14.0 Å². The molecule has 1 heterocycles. The van der Waals surface area contributed by atoms with E-state index in [1.54, 1.807) is 4.68 Å². The van der Waals surface area contributed by atoms with Crippen molar-refractivity contribution < 1.29 is 13.7 Å². The third kappa shape index (κ3) is 3.86. The Morgan fingerprint density at radius 3 is 2.67 bits per heavy atom. The molecular weight excluding hydrogens is 312 g/mol. The van der Waals surface area contributed by atoms with E-state index >= 15 is 0 Å². The van der Waals surface area contributed by atoms with Gasteiger partial charge in [0.1, 0.15) is 0 Å². The molecule has 1 fully saturated rings. The van der Waals surface area contributed by atoms with Gasteiger partial charge in [0.25, 0.3) is 0 Å². The first-order valence-corrected chi connectivity index (χ1v) is 8.89. The summed E-state index contributed by atoms with van der Waals surface area (Å²) in [7, 11) is 2.15. The Morgan fingerprint density at radius 1 is 1.52 bits per heavy atom. The van der Waals surface area contributed by atoms with E-state index in [2.05, 4.69) is 5.10 Å². The molecule has 2 rings (SSSR count). The van der Waals surface area contributed by atoms with Gasteiger partial charge in [-0.25, -0.2) is 0 Å². The van der Waals surface area contributed by atoms with Crippen molar-refractivity contribution in [1.29, 1.82) is 0 Å². The summed E-state index contributed by atoms with van der Waals surface area (Å²) >= 11 is 6.28. The standard InChI is InChI=1S/C14H21ClN2O3S/c1-4-10-13(15)11(17(2)16-10)8-21(19)9-14(5-6-14)7-12(18)20-3/h4-9H2,1-3H3. The normalized spacial score (nSPS) is 17.5. The molecule has 0 N–H and O–H groups in total. The average Bonchev–Trinajstić information content (AvgIpc) is 3.13. The molecule has 1 aliphatic rings. The SMILES string of the molecule is CCc1nn(C)c(CS(=O)CC2(CC(=O)OC)CC2)c1Cl. The predicted molar refractivity (Wildman–Crippen MR) is 82.6 cm³/mol. The van der Waals surface area contributed by atoms with Crippen LogP contribution < -0.4 is 0 Å². The summed E-state index contributed by atoms with van der Waals surface area (Å²) in [5, 5.41) is 4.95. The Morgan fingerprint density at radius 2 is 2.19 bits per heavy atom. The average molecular weight is 333 g/mol. The van der Waals surface area contributed by atoms with E-state index in [0.717, 1.165) is 30.7 Å². The molecule has 0 saturated heterocycles. The number of esters is 1. The largest absolute Gasteiger partial charge is 0.469 e. The minimum Gasteiger partial charge on any atom is -0.469 e. The summed E-state index contributed by atoms with van der Waals surface area (Å²) in [6, 6.07) is 0. The lowest BCUT2D eigenvalue weighted by Crippen LogP contribution is -2.19. The molecule has 0 aromatic carbocycles. The zero-order valence-electron chi connectivity index (χ0n) is 12.6. The first-order chi connectivity index (χ1) is 9.90. The number of ether oxygens (including phenoxy) is 1. The van der Waals surface area contributed by atoms with Gasteiger partial charge in [-0.1, -0.05) is 18.5 Å². The number of rotatable bonds is 7. The van der Waals surface area contributed by atoms with Crippen LogP contribution >= 0.6 is 11.6 Å². The second kappa shape index (κ2) is 6.48. The molecule has 21 heavy (non-hydrogen) atoms. The van der Waals surface area contributed by atoms with Crippen LogP contribution in [-0.2, 0) is 39.6 Å². The number of hydrogen-bond donors (Lipinski definition) is 0. The zero-order valence-corrected chi connectivity index (χ0v) is 14.2. The van der Waals surface area contributed by atoms with Crippen molar-refractivity contribution in [3.63, 3.8) is 0 Å². The summed E-state index contributed by atoms with van der Waals surface area (Å²) in [5.74, 6) is 0.674. The molecule has 0 amide bonds. The van der Waals surface area contributed by atoms with Crippen molar-refractivity contribution in [3.8, 4) is 0 Å². The number of carbonyl (C=O) groups excluding carboxylic acids is 1. The van der Waals surface area contributed by atoms with E-state index in [4.69, 9.17) is 16.3 Å². The smallest absolute Gasteiger partial charge is 0.306 e. The second-order valence-electron chi connectivity index (χ2n) is 5.67. The number of nitrogens with zero attached hydrogens (tertiary/aromatic N) is 2. The molecule has 0 radical (unpaired) electrons. The molecule has 7 heteroatoms. The maximum absolute atomic E-state index is 12.4. The highest BCUT2D eigenvalue weighted by molar-refractivity contribution is 7.84. The number of aryl methyl sites for hydroxylation is 2. The fraction of sp³-hybridized carbons (Fsp3) is 0.714. The van der Waals surface area contributed by atoms with Gasteiger partial charge in [-0.3, -0.25) is 13.7 Å². The van der Waals surface area contributed by atoms with Crippen LogP contribution in [0, 0.1) is 5.41 Å². The van der Waals surface area contributed by atoms with Gasteiger partial charge in [0.2, 0.25) is 0 Å². The van der Waals surface area contributed by atoms with Crippen molar-refractivity contribution in [2.45, 2.75) is 38.4 Å². The highest BCUT2D eigenvalue weighted by Gasteiger charge is 2.46. The van der Waals surface area contributed by atoms with Crippen LogP contribution in [0.4, 0.5) is 0 Å². The van der Waals surface area contributed by atoms with Gasteiger partial charge in [0, 0.05) is 23.6 Å². The molecule has 5 nitrogen and oxygen atoms in total. The highest BCUT2D eigenvalue weighted by atomic mass is 35.5. The van der Waals surface area contributed by atoms with E-state index in [9.17, 15) is 9.00 Å². The Balaban J connectivity index is 2.00. The number of halogens is 1. The minimum atomic E-state index is -1.06. The van der Waals surface area contributed by atoms with Crippen molar-refractivity contribution in [2.24, 2.45) is 12.5 Å². The van der Waals surface area contributed by atoms with Gasteiger partial charge in [-0.15, -0.1) is 0 Å². The Hall–Kier alpha value is -0.880. The summed E-state index contributed by atoms with van der Waals surface area (Å²) in [5.41, 5.74) is 1.51. The third-order valence-electron chi connectivity index (χ3n) is 3.97. The third-order valence-corrected chi connectivity index (χ3v) is 5.94. The number of methoxy groups -OCH3 is 1. The molecule has 0 bridgehead atoms. The molecule has 1 aromatic heterocycles. The van der Waals surface area contributed by atoms with Crippen molar-refractivity contribution in [1.82, 2.24) is 9.78 Å². The van der Waals surface area contributed by atoms with Gasteiger partial charge in [0.05, 0.1) is 35.7 Å². The van der Waals surface area contributed by atoms with E-state index < -0.39 is 10.8 Å². The predicted octanol–water partition coefficient (Wildman–Crippen LogP) is 2.23. The summed E-state index contributed by atoms with van der Waals surface area (Å²) in [4.78, 5) is 11.4. The van der Waals surface area contributed by atoms with Gasteiger partial charge in [-0.05, 0) is 24.7 Å². The van der Waals surface area contributed by atoms with Crippen LogP contribution in [0.5, 0.6) is 0 Å². The van der Waals surface area contributed by atoms with Crippen LogP contribution in [0.25, 0.3) is 0 Å². The number of aromatic nitrogens is 2. The van der Waals surface area contributed by atoms with Crippen LogP contribution in [0.2, 0.25) is 5.02 Å². The Bertz CT molecular complexity index is 567. The minimum absolute atomic E-state index is 0.128. The molecular formula is C14H21ClN2O3S. The van der Waals surface area contributed by atoms with Crippen molar-refractivity contribution in [2.75, 3.05) is 12.9 Å². The highest BCUT2D eigenvalue weighted by Crippen LogP contribution is 2.49. The van der Waals surface area contributed by atoms with E-state index in [-0.39, 0.29) is 11.4 Å². The lowest BCUT2D eigenvalue weighted by atomic mass is 10.1. The molecule has 1 atom stereocenters. The lowest BCUT2D eigenvalue weighted by molar-refractivity contribution is -0.141.